The number of rotatable bonds is 9. The van der Waals surface area contributed by atoms with Gasteiger partial charge in [0, 0.05) is 23.7 Å². The van der Waals surface area contributed by atoms with Crippen molar-refractivity contribution in [2.24, 2.45) is 11.8 Å². The molecule has 196 valence electrons. The number of hydrogen-bond donors (Lipinski definition) is 2. The van der Waals surface area contributed by atoms with Crippen molar-refractivity contribution in [3.63, 3.8) is 0 Å². The van der Waals surface area contributed by atoms with Gasteiger partial charge in [0.2, 0.25) is 6.29 Å². The van der Waals surface area contributed by atoms with Crippen molar-refractivity contribution in [3.05, 3.63) is 69.9 Å². The second-order valence-electron chi connectivity index (χ2n) is 9.61. The van der Waals surface area contributed by atoms with Crippen LogP contribution in [0.15, 0.2) is 48.2 Å². The normalized spacial score (nSPS) is 19.1. The molecule has 0 aromatic heterocycles. The summed E-state index contributed by atoms with van der Waals surface area (Å²) < 4.78 is 11.7. The third-order valence-electron chi connectivity index (χ3n) is 6.57. The van der Waals surface area contributed by atoms with E-state index in [-0.39, 0.29) is 23.8 Å². The molecule has 3 amide bonds. The number of benzene rings is 2. The van der Waals surface area contributed by atoms with Gasteiger partial charge in [0.05, 0.1) is 23.4 Å². The highest BCUT2D eigenvalue weighted by Gasteiger charge is 2.37. The Labute approximate surface area is 221 Å². The van der Waals surface area contributed by atoms with Gasteiger partial charge in [0.1, 0.15) is 0 Å². The number of carbonyl (C=O) groups excluding carboxylic acids is 3. The molecule has 2 N–H and O–H groups in total. The van der Waals surface area contributed by atoms with Crippen LogP contribution >= 0.6 is 11.6 Å². The number of hydrogen-bond acceptors (Lipinski definition) is 6. The molecule has 0 saturated heterocycles. The Morgan fingerprint density at radius 1 is 1.16 bits per heavy atom. The second-order valence-corrected chi connectivity index (χ2v) is 10.1. The van der Waals surface area contributed by atoms with Crippen LogP contribution < -0.4 is 10.2 Å². The number of nitrogens with one attached hydrogen (secondary N) is 1. The van der Waals surface area contributed by atoms with Crippen molar-refractivity contribution in [2.75, 3.05) is 23.4 Å². The van der Waals surface area contributed by atoms with E-state index in [1.165, 1.54) is 6.07 Å². The quantitative estimate of drug-likeness (QED) is 0.349. The van der Waals surface area contributed by atoms with E-state index in [0.717, 1.165) is 4.90 Å². The van der Waals surface area contributed by atoms with E-state index >= 15 is 0 Å². The van der Waals surface area contributed by atoms with Gasteiger partial charge < -0.3 is 19.9 Å². The van der Waals surface area contributed by atoms with Crippen molar-refractivity contribution >= 4 is 40.7 Å². The number of allylic oxidation sites excluding steroid dienone is 1. The van der Waals surface area contributed by atoms with Crippen LogP contribution in [-0.2, 0) is 14.3 Å². The third kappa shape index (κ3) is 5.87. The van der Waals surface area contributed by atoms with Crippen molar-refractivity contribution < 1.29 is 29.0 Å². The molecule has 2 atom stereocenters. The zero-order valence-electron chi connectivity index (χ0n) is 21.1. The molecule has 0 aliphatic carbocycles. The van der Waals surface area contributed by atoms with E-state index in [2.05, 4.69) is 19.2 Å². The predicted octanol–water partition coefficient (Wildman–Crippen LogP) is 5.08. The summed E-state index contributed by atoms with van der Waals surface area (Å²) in [5.74, 6) is -0.655. The Hall–Kier alpha value is -3.20. The van der Waals surface area contributed by atoms with Crippen LogP contribution in [0.2, 0.25) is 5.02 Å². The summed E-state index contributed by atoms with van der Waals surface area (Å²) in [6.07, 6.45) is 3.29. The van der Waals surface area contributed by atoms with Crippen molar-refractivity contribution in [2.45, 2.75) is 46.3 Å². The average molecular weight is 527 g/mol. The first-order valence-electron chi connectivity index (χ1n) is 12.4. The van der Waals surface area contributed by atoms with Crippen molar-refractivity contribution in [3.8, 4) is 0 Å². The highest BCUT2D eigenvalue weighted by atomic mass is 35.5. The minimum Gasteiger partial charge on any atom is -0.459 e. The fourth-order valence-corrected chi connectivity index (χ4v) is 4.62. The van der Waals surface area contributed by atoms with Gasteiger partial charge in [-0.25, -0.2) is 4.90 Å². The lowest BCUT2D eigenvalue weighted by atomic mass is 9.90. The summed E-state index contributed by atoms with van der Waals surface area (Å²) in [5.41, 5.74) is 2.15. The number of carbonyl (C=O) groups is 3. The molecular formula is C28H31ClN2O6. The van der Waals surface area contributed by atoms with Crippen LogP contribution in [0.3, 0.4) is 0 Å². The summed E-state index contributed by atoms with van der Waals surface area (Å²) in [7, 11) is 0. The minimum atomic E-state index is -0.539. The number of unbranched alkanes of at least 4 members (excludes halogenated alkanes) is 1. The fraction of sp³-hybridized carbons (Fsp3) is 0.393. The highest BCUT2D eigenvalue weighted by molar-refractivity contribution is 6.37. The van der Waals surface area contributed by atoms with Crippen LogP contribution in [0.4, 0.5) is 11.4 Å². The molecule has 2 aromatic rings. The summed E-state index contributed by atoms with van der Waals surface area (Å²) in [6.45, 7) is 6.48. The summed E-state index contributed by atoms with van der Waals surface area (Å²) in [5, 5.41) is 12.2. The largest absolute Gasteiger partial charge is 0.459 e. The van der Waals surface area contributed by atoms with E-state index in [1.54, 1.807) is 37.3 Å². The zero-order chi connectivity index (χ0) is 26.7. The fourth-order valence-electron chi connectivity index (χ4n) is 4.45. The van der Waals surface area contributed by atoms with Crippen LogP contribution in [0, 0.1) is 18.8 Å². The van der Waals surface area contributed by atoms with Crippen LogP contribution in [0.1, 0.15) is 59.4 Å². The van der Waals surface area contributed by atoms with Crippen LogP contribution in [0.25, 0.3) is 0 Å². The highest BCUT2D eigenvalue weighted by Crippen LogP contribution is 2.34. The number of ether oxygens (including phenoxy) is 2. The Morgan fingerprint density at radius 3 is 2.62 bits per heavy atom. The molecule has 2 aromatic carbocycles. The van der Waals surface area contributed by atoms with Gasteiger partial charge >= 0.3 is 0 Å². The number of nitrogens with zero attached hydrogens (tertiary/aromatic N) is 1. The van der Waals surface area contributed by atoms with E-state index in [4.69, 9.17) is 26.2 Å². The van der Waals surface area contributed by atoms with E-state index in [1.807, 2.05) is 6.08 Å². The molecule has 2 unspecified atom stereocenters. The number of aliphatic hydroxyl groups excluding tert-OH is 1. The summed E-state index contributed by atoms with van der Waals surface area (Å²) in [4.78, 5) is 40.0. The number of amides is 3. The maximum absolute atomic E-state index is 13.1. The second kappa shape index (κ2) is 11.5. The van der Waals surface area contributed by atoms with Gasteiger partial charge in [-0.15, -0.1) is 0 Å². The maximum atomic E-state index is 13.1. The molecule has 2 aliphatic rings. The SMILES string of the molecule is Cc1cc(NC(=O)C2=CC(C(C)C)CC(OCCCCO)O2)ccc1N1C(=O)c2ccc(Cl)cc2C1=O. The molecule has 0 fully saturated rings. The lowest BCUT2D eigenvalue weighted by molar-refractivity contribution is -0.148. The Kier molecular flexibility index (Phi) is 8.32. The first-order valence-corrected chi connectivity index (χ1v) is 12.8. The standard InChI is InChI=1S/C28H31ClN2O6/c1-16(2)18-13-24(37-25(14-18)36-11-5-4-10-32)26(33)30-20-7-9-23(17(3)12-20)31-27(34)21-8-6-19(29)15-22(21)28(31)35/h6-9,12-13,15-16,18,25,32H,4-5,10-11,14H2,1-3H3,(H,30,33). The molecule has 0 bridgehead atoms. The molecule has 2 aliphatic heterocycles. The number of fused-ring (bicyclic) bond motifs is 1. The molecule has 2 heterocycles. The van der Waals surface area contributed by atoms with E-state index in [9.17, 15) is 14.4 Å². The lowest BCUT2D eigenvalue weighted by Crippen LogP contribution is -2.32. The van der Waals surface area contributed by atoms with Gasteiger partial charge in [0.25, 0.3) is 17.7 Å². The van der Waals surface area contributed by atoms with Crippen LogP contribution in [-0.4, -0.2) is 42.3 Å². The predicted molar refractivity (Wildman–Crippen MR) is 141 cm³/mol. The molecule has 0 radical (unpaired) electrons. The summed E-state index contributed by atoms with van der Waals surface area (Å²) in [6, 6.07) is 9.60. The smallest absolute Gasteiger partial charge is 0.290 e. The molecule has 0 spiro atoms. The summed E-state index contributed by atoms with van der Waals surface area (Å²) >= 11 is 6.01. The number of anilines is 2. The average Bonchev–Trinajstić information content (AvgIpc) is 3.10. The molecule has 4 rings (SSSR count). The van der Waals surface area contributed by atoms with Crippen molar-refractivity contribution in [1.82, 2.24) is 0 Å². The number of imide groups is 1. The van der Waals surface area contributed by atoms with E-state index in [0.29, 0.717) is 59.3 Å². The maximum Gasteiger partial charge on any atom is 0.290 e. The molecular weight excluding hydrogens is 496 g/mol. The van der Waals surface area contributed by atoms with E-state index < -0.39 is 24.0 Å². The Bertz CT molecular complexity index is 1240. The van der Waals surface area contributed by atoms with Gasteiger partial charge in [-0.3, -0.25) is 14.4 Å². The van der Waals surface area contributed by atoms with Gasteiger partial charge in [-0.1, -0.05) is 25.4 Å². The van der Waals surface area contributed by atoms with Gasteiger partial charge in [-0.05, 0) is 79.6 Å². The molecule has 0 saturated carbocycles. The van der Waals surface area contributed by atoms with Crippen molar-refractivity contribution in [1.29, 1.82) is 0 Å². The Balaban J connectivity index is 1.47. The molecule has 8 nitrogen and oxygen atoms in total. The first-order chi connectivity index (χ1) is 17.7. The monoisotopic (exact) mass is 526 g/mol. The zero-order valence-corrected chi connectivity index (χ0v) is 21.9. The topological polar surface area (TPSA) is 105 Å². The van der Waals surface area contributed by atoms with Gasteiger partial charge in [0.15, 0.2) is 5.76 Å². The number of halogens is 1. The third-order valence-corrected chi connectivity index (χ3v) is 6.80. The Morgan fingerprint density at radius 2 is 1.92 bits per heavy atom. The molecule has 9 heteroatoms. The minimum absolute atomic E-state index is 0.108. The van der Waals surface area contributed by atoms with Gasteiger partial charge in [-0.2, -0.15) is 0 Å². The lowest BCUT2D eigenvalue weighted by Gasteiger charge is -2.31. The molecule has 37 heavy (non-hydrogen) atoms. The number of aliphatic hydroxyl groups is 1. The number of aryl methyl sites for hydroxylation is 1. The van der Waals surface area contributed by atoms with Crippen LogP contribution in [0.5, 0.6) is 0 Å². The first kappa shape index (κ1) is 26.9.